The van der Waals surface area contributed by atoms with Gasteiger partial charge >= 0.3 is 0 Å². The largest absolute Gasteiger partial charge is 0.329 e. The summed E-state index contributed by atoms with van der Waals surface area (Å²) in [6.07, 6.45) is 3.40. The predicted molar refractivity (Wildman–Crippen MR) is 62.3 cm³/mol. The van der Waals surface area contributed by atoms with Gasteiger partial charge in [-0.1, -0.05) is 11.6 Å². The Balaban J connectivity index is 2.30. The first kappa shape index (κ1) is 11.4. The number of aromatic nitrogens is 2. The van der Waals surface area contributed by atoms with Gasteiger partial charge in [-0.15, -0.1) is 11.6 Å². The highest BCUT2D eigenvalue weighted by atomic mass is 35.5. The number of nitrogens with zero attached hydrogens (tertiary/aromatic N) is 2. The summed E-state index contributed by atoms with van der Waals surface area (Å²) in [5.41, 5.74) is 0.525. The molecule has 0 aliphatic carbocycles. The van der Waals surface area contributed by atoms with Crippen LogP contribution in [-0.4, -0.2) is 9.55 Å². The maximum absolute atomic E-state index is 13.5. The van der Waals surface area contributed by atoms with Gasteiger partial charge in [0, 0.05) is 23.0 Å². The Morgan fingerprint density at radius 1 is 1.38 bits per heavy atom. The average molecular weight is 259 g/mol. The monoisotopic (exact) mass is 258 g/mol. The first-order valence-electron chi connectivity index (χ1n) is 4.70. The molecule has 0 bridgehead atoms. The second kappa shape index (κ2) is 4.85. The third-order valence-electron chi connectivity index (χ3n) is 2.27. The molecular formula is C11H9Cl2FN2. The number of imidazole rings is 1. The van der Waals surface area contributed by atoms with Gasteiger partial charge in [-0.3, -0.25) is 0 Å². The Morgan fingerprint density at radius 2 is 2.19 bits per heavy atom. The molecule has 1 aromatic heterocycles. The van der Waals surface area contributed by atoms with Crippen molar-refractivity contribution in [3.63, 3.8) is 0 Å². The summed E-state index contributed by atoms with van der Waals surface area (Å²) in [6, 6.07) is 4.49. The molecule has 0 atom stereocenters. The van der Waals surface area contributed by atoms with Gasteiger partial charge in [-0.2, -0.15) is 0 Å². The smallest absolute Gasteiger partial charge is 0.128 e. The molecule has 5 heteroatoms. The Labute approximate surface area is 103 Å². The molecular weight excluding hydrogens is 250 g/mol. The molecule has 0 aliphatic rings. The molecule has 0 unspecified atom stereocenters. The lowest BCUT2D eigenvalue weighted by Gasteiger charge is -2.07. The lowest BCUT2D eigenvalue weighted by molar-refractivity contribution is 0.596. The van der Waals surface area contributed by atoms with Gasteiger partial charge in [0.2, 0.25) is 0 Å². The van der Waals surface area contributed by atoms with E-state index in [1.54, 1.807) is 23.0 Å². The van der Waals surface area contributed by atoms with Gasteiger partial charge in [0.05, 0.1) is 12.4 Å². The second-order valence-electron chi connectivity index (χ2n) is 3.34. The zero-order valence-electron chi connectivity index (χ0n) is 8.33. The van der Waals surface area contributed by atoms with Crippen molar-refractivity contribution in [2.24, 2.45) is 0 Å². The molecule has 16 heavy (non-hydrogen) atoms. The minimum Gasteiger partial charge on any atom is -0.329 e. The van der Waals surface area contributed by atoms with E-state index in [4.69, 9.17) is 23.2 Å². The average Bonchev–Trinajstić information content (AvgIpc) is 2.71. The van der Waals surface area contributed by atoms with Crippen molar-refractivity contribution in [3.8, 4) is 0 Å². The summed E-state index contributed by atoms with van der Waals surface area (Å²) in [7, 11) is 0. The fraction of sp³-hybridized carbons (Fsp3) is 0.182. The Bertz CT molecular complexity index is 496. The highest BCUT2D eigenvalue weighted by Crippen LogP contribution is 2.16. The van der Waals surface area contributed by atoms with Crippen LogP contribution in [-0.2, 0) is 12.4 Å². The summed E-state index contributed by atoms with van der Waals surface area (Å²) in [5.74, 6) is 0.731. The highest BCUT2D eigenvalue weighted by molar-refractivity contribution is 6.30. The third kappa shape index (κ3) is 2.36. The molecule has 0 aliphatic heterocycles. The van der Waals surface area contributed by atoms with Crippen molar-refractivity contribution in [2.75, 3.05) is 0 Å². The van der Waals surface area contributed by atoms with Crippen LogP contribution < -0.4 is 0 Å². The summed E-state index contributed by atoms with van der Waals surface area (Å²) in [4.78, 5) is 4.06. The Kier molecular flexibility index (Phi) is 3.46. The van der Waals surface area contributed by atoms with E-state index in [1.807, 2.05) is 0 Å². The standard InChI is InChI=1S/C11H9Cl2FN2/c12-6-11-15-3-4-16(11)7-8-5-9(13)1-2-10(8)14/h1-5H,6-7H2. The van der Waals surface area contributed by atoms with Crippen LogP contribution in [0.15, 0.2) is 30.6 Å². The van der Waals surface area contributed by atoms with Crippen LogP contribution in [0.1, 0.15) is 11.4 Å². The van der Waals surface area contributed by atoms with E-state index in [9.17, 15) is 4.39 Å². The second-order valence-corrected chi connectivity index (χ2v) is 4.04. The van der Waals surface area contributed by atoms with Gasteiger partial charge < -0.3 is 4.57 Å². The van der Waals surface area contributed by atoms with Crippen LogP contribution in [0.4, 0.5) is 4.39 Å². The van der Waals surface area contributed by atoms with Crippen molar-refractivity contribution in [1.82, 2.24) is 9.55 Å². The van der Waals surface area contributed by atoms with Gasteiger partial charge in [-0.25, -0.2) is 9.37 Å². The van der Waals surface area contributed by atoms with Crippen LogP contribution in [0, 0.1) is 5.82 Å². The first-order valence-corrected chi connectivity index (χ1v) is 5.62. The zero-order chi connectivity index (χ0) is 11.5. The molecule has 0 spiro atoms. The van der Waals surface area contributed by atoms with E-state index in [1.165, 1.54) is 12.1 Å². The van der Waals surface area contributed by atoms with Crippen molar-refractivity contribution in [2.45, 2.75) is 12.4 Å². The fourth-order valence-electron chi connectivity index (χ4n) is 1.46. The molecule has 2 aromatic rings. The molecule has 0 saturated carbocycles. The van der Waals surface area contributed by atoms with E-state index < -0.39 is 0 Å². The number of rotatable bonds is 3. The molecule has 0 radical (unpaired) electrons. The van der Waals surface area contributed by atoms with Crippen LogP contribution >= 0.6 is 23.2 Å². The summed E-state index contributed by atoms with van der Waals surface area (Å²) < 4.78 is 15.3. The summed E-state index contributed by atoms with van der Waals surface area (Å²) >= 11 is 11.5. The fourth-order valence-corrected chi connectivity index (χ4v) is 1.88. The van der Waals surface area contributed by atoms with E-state index in [0.29, 0.717) is 28.8 Å². The SMILES string of the molecule is Fc1ccc(Cl)cc1Cn1ccnc1CCl. The minimum absolute atomic E-state index is 0.279. The molecule has 0 amide bonds. The lowest BCUT2D eigenvalue weighted by atomic mass is 10.2. The third-order valence-corrected chi connectivity index (χ3v) is 2.74. The van der Waals surface area contributed by atoms with Crippen molar-refractivity contribution in [3.05, 3.63) is 52.8 Å². The molecule has 2 nitrogen and oxygen atoms in total. The maximum atomic E-state index is 13.5. The Morgan fingerprint density at radius 3 is 2.94 bits per heavy atom. The summed E-state index contributed by atoms with van der Waals surface area (Å²) in [6.45, 7) is 0.383. The number of alkyl halides is 1. The van der Waals surface area contributed by atoms with Crippen LogP contribution in [0.5, 0.6) is 0 Å². The number of benzene rings is 1. The Hall–Kier alpha value is -1.06. The van der Waals surface area contributed by atoms with Gasteiger partial charge in [-0.05, 0) is 18.2 Å². The van der Waals surface area contributed by atoms with Crippen LogP contribution in [0.3, 0.4) is 0 Å². The topological polar surface area (TPSA) is 17.8 Å². The van der Waals surface area contributed by atoms with E-state index >= 15 is 0 Å². The molecule has 0 N–H and O–H groups in total. The minimum atomic E-state index is -0.279. The van der Waals surface area contributed by atoms with Crippen molar-refractivity contribution >= 4 is 23.2 Å². The normalized spacial score (nSPS) is 10.7. The zero-order valence-corrected chi connectivity index (χ0v) is 9.84. The van der Waals surface area contributed by atoms with Crippen LogP contribution in [0.2, 0.25) is 5.02 Å². The summed E-state index contributed by atoms with van der Waals surface area (Å²) in [5, 5.41) is 0.518. The molecule has 0 saturated heterocycles. The number of halogens is 3. The van der Waals surface area contributed by atoms with E-state index in [2.05, 4.69) is 4.98 Å². The van der Waals surface area contributed by atoms with Gasteiger partial charge in [0.25, 0.3) is 0 Å². The number of hydrogen-bond donors (Lipinski definition) is 0. The van der Waals surface area contributed by atoms with Gasteiger partial charge in [0.15, 0.2) is 0 Å². The first-order chi connectivity index (χ1) is 7.70. The van der Waals surface area contributed by atoms with Gasteiger partial charge in [0.1, 0.15) is 11.6 Å². The molecule has 1 aromatic carbocycles. The molecule has 2 rings (SSSR count). The van der Waals surface area contributed by atoms with Crippen molar-refractivity contribution < 1.29 is 4.39 Å². The molecule has 0 fully saturated rings. The maximum Gasteiger partial charge on any atom is 0.128 e. The number of hydrogen-bond acceptors (Lipinski definition) is 1. The highest BCUT2D eigenvalue weighted by Gasteiger charge is 2.06. The molecule has 84 valence electrons. The molecule has 1 heterocycles. The lowest BCUT2D eigenvalue weighted by Crippen LogP contribution is -2.04. The van der Waals surface area contributed by atoms with Crippen molar-refractivity contribution in [1.29, 1.82) is 0 Å². The van der Waals surface area contributed by atoms with Crippen LogP contribution in [0.25, 0.3) is 0 Å². The predicted octanol–water partition coefficient (Wildman–Crippen LogP) is 3.46. The quantitative estimate of drug-likeness (QED) is 0.772. The van der Waals surface area contributed by atoms with E-state index in [-0.39, 0.29) is 5.82 Å². The van der Waals surface area contributed by atoms with E-state index in [0.717, 1.165) is 0 Å².